The topological polar surface area (TPSA) is 92.9 Å². The fourth-order valence-corrected chi connectivity index (χ4v) is 2.19. The molecule has 6 nitrogen and oxygen atoms in total. The van der Waals surface area contributed by atoms with Gasteiger partial charge in [-0.1, -0.05) is 39.0 Å². The molecule has 0 saturated heterocycles. The van der Waals surface area contributed by atoms with Gasteiger partial charge < -0.3 is 11.1 Å². The van der Waals surface area contributed by atoms with E-state index in [0.717, 1.165) is 12.8 Å². The van der Waals surface area contributed by atoms with Crippen LogP contribution in [0.1, 0.15) is 52.4 Å². The Morgan fingerprint density at radius 1 is 1.10 bits per heavy atom. The lowest BCUT2D eigenvalue weighted by atomic mass is 10.1. The van der Waals surface area contributed by atoms with Gasteiger partial charge in [0.1, 0.15) is 11.5 Å². The maximum absolute atomic E-state index is 11.7. The van der Waals surface area contributed by atoms with Crippen LogP contribution in [-0.2, 0) is 6.54 Å². The highest BCUT2D eigenvalue weighted by Gasteiger charge is 2.10. The molecule has 0 aliphatic rings. The van der Waals surface area contributed by atoms with E-state index in [9.17, 15) is 9.59 Å². The van der Waals surface area contributed by atoms with Gasteiger partial charge in [-0.2, -0.15) is 0 Å². The first-order valence-electron chi connectivity index (χ1n) is 7.48. The summed E-state index contributed by atoms with van der Waals surface area (Å²) in [5.74, 6) is 0.215. The van der Waals surface area contributed by atoms with Crippen LogP contribution in [-0.4, -0.2) is 16.1 Å². The molecule has 6 heteroatoms. The van der Waals surface area contributed by atoms with Gasteiger partial charge in [-0.25, -0.2) is 4.79 Å². The normalized spacial score (nSPS) is 10.7. The van der Waals surface area contributed by atoms with E-state index in [0.29, 0.717) is 18.8 Å². The molecule has 114 valence electrons. The first kappa shape index (κ1) is 16.3. The van der Waals surface area contributed by atoms with Crippen molar-refractivity contribution in [3.05, 3.63) is 20.8 Å². The average molecular weight is 282 g/mol. The molecule has 4 N–H and O–H groups in total. The van der Waals surface area contributed by atoms with Gasteiger partial charge in [0, 0.05) is 13.1 Å². The van der Waals surface area contributed by atoms with Crippen LogP contribution in [0.15, 0.2) is 9.59 Å². The summed E-state index contributed by atoms with van der Waals surface area (Å²) in [5, 5.41) is 3.05. The van der Waals surface area contributed by atoms with Crippen LogP contribution < -0.4 is 22.3 Å². The Labute approximate surface area is 119 Å². The number of nitrogens with zero attached hydrogens (tertiary/aromatic N) is 1. The molecule has 0 aliphatic heterocycles. The smallest absolute Gasteiger partial charge is 0.330 e. The number of rotatable bonds is 9. The summed E-state index contributed by atoms with van der Waals surface area (Å²) < 4.78 is 1.35. The Hall–Kier alpha value is -1.72. The quantitative estimate of drug-likeness (QED) is 0.603. The van der Waals surface area contributed by atoms with Crippen molar-refractivity contribution in [1.82, 2.24) is 9.55 Å². The van der Waals surface area contributed by atoms with E-state index in [1.807, 2.05) is 6.92 Å². The number of nitrogens with one attached hydrogen (secondary N) is 2. The standard InChI is InChI=1S/C14H26N4O2/c1-3-5-6-7-8-9-10-16-11-12(15)18(4-2)14(20)17-13(11)19/h16H,3-10,15H2,1-2H3,(H,17,19,20). The van der Waals surface area contributed by atoms with Crippen molar-refractivity contribution in [2.45, 2.75) is 58.9 Å². The van der Waals surface area contributed by atoms with E-state index in [4.69, 9.17) is 5.73 Å². The van der Waals surface area contributed by atoms with Crippen molar-refractivity contribution in [1.29, 1.82) is 0 Å². The lowest BCUT2D eigenvalue weighted by molar-refractivity contribution is 0.616. The Morgan fingerprint density at radius 3 is 2.40 bits per heavy atom. The van der Waals surface area contributed by atoms with Crippen molar-refractivity contribution < 1.29 is 0 Å². The molecule has 0 aromatic carbocycles. The molecule has 1 rings (SSSR count). The van der Waals surface area contributed by atoms with Crippen LogP contribution in [0.25, 0.3) is 0 Å². The molecule has 0 aliphatic carbocycles. The van der Waals surface area contributed by atoms with Gasteiger partial charge in [0.15, 0.2) is 0 Å². The minimum Gasteiger partial charge on any atom is -0.383 e. The molecule has 0 bridgehead atoms. The van der Waals surface area contributed by atoms with Gasteiger partial charge in [-0.05, 0) is 13.3 Å². The number of aromatic amines is 1. The molecule has 0 atom stereocenters. The third kappa shape index (κ3) is 4.43. The van der Waals surface area contributed by atoms with Gasteiger partial charge in [0.25, 0.3) is 5.56 Å². The zero-order valence-corrected chi connectivity index (χ0v) is 12.5. The Balaban J connectivity index is 2.52. The second kappa shape index (κ2) is 8.45. The van der Waals surface area contributed by atoms with E-state index in [1.54, 1.807) is 0 Å². The summed E-state index contributed by atoms with van der Waals surface area (Å²) in [4.78, 5) is 25.5. The van der Waals surface area contributed by atoms with Crippen molar-refractivity contribution in [2.75, 3.05) is 17.6 Å². The summed E-state index contributed by atoms with van der Waals surface area (Å²) >= 11 is 0. The molecule has 1 heterocycles. The fraction of sp³-hybridized carbons (Fsp3) is 0.714. The molecule has 0 fully saturated rings. The average Bonchev–Trinajstić information content (AvgIpc) is 2.41. The first-order valence-corrected chi connectivity index (χ1v) is 7.48. The zero-order chi connectivity index (χ0) is 15.0. The number of nitrogens with two attached hydrogens (primary N) is 1. The predicted octanol–water partition coefficient (Wildman–Crippen LogP) is 1.91. The van der Waals surface area contributed by atoms with E-state index >= 15 is 0 Å². The maximum Gasteiger partial charge on any atom is 0.330 e. The number of H-pyrrole nitrogens is 1. The molecule has 1 aromatic heterocycles. The molecule has 0 unspecified atom stereocenters. The second-order valence-corrected chi connectivity index (χ2v) is 4.96. The van der Waals surface area contributed by atoms with Gasteiger partial charge in [0.05, 0.1) is 0 Å². The molecule has 0 radical (unpaired) electrons. The highest BCUT2D eigenvalue weighted by Crippen LogP contribution is 2.10. The third-order valence-corrected chi connectivity index (χ3v) is 3.39. The Kier molecular flexibility index (Phi) is 6.90. The zero-order valence-electron chi connectivity index (χ0n) is 12.5. The van der Waals surface area contributed by atoms with Gasteiger partial charge in [0.2, 0.25) is 0 Å². The predicted molar refractivity (Wildman–Crippen MR) is 83.3 cm³/mol. The SMILES string of the molecule is CCCCCCCCNc1c(N)n(CC)c(=O)[nH]c1=O. The molecule has 0 amide bonds. The van der Waals surface area contributed by atoms with Crippen LogP contribution in [0.5, 0.6) is 0 Å². The molecule has 0 spiro atoms. The summed E-state index contributed by atoms with van der Waals surface area (Å²) in [6, 6.07) is 0. The van der Waals surface area contributed by atoms with Crippen molar-refractivity contribution >= 4 is 11.5 Å². The van der Waals surface area contributed by atoms with E-state index in [1.165, 1.54) is 30.3 Å². The third-order valence-electron chi connectivity index (χ3n) is 3.39. The van der Waals surface area contributed by atoms with Crippen molar-refractivity contribution in [3.63, 3.8) is 0 Å². The first-order chi connectivity index (χ1) is 9.61. The highest BCUT2D eigenvalue weighted by atomic mass is 16.2. The van der Waals surface area contributed by atoms with E-state index in [-0.39, 0.29) is 5.82 Å². The lowest BCUT2D eigenvalue weighted by Gasteiger charge is -2.12. The molecule has 20 heavy (non-hydrogen) atoms. The monoisotopic (exact) mass is 282 g/mol. The maximum atomic E-state index is 11.7. The number of unbranched alkanes of at least 4 members (excludes halogenated alkanes) is 5. The molecule has 0 saturated carbocycles. The van der Waals surface area contributed by atoms with Gasteiger partial charge >= 0.3 is 5.69 Å². The van der Waals surface area contributed by atoms with Crippen molar-refractivity contribution in [3.8, 4) is 0 Å². The van der Waals surface area contributed by atoms with E-state index < -0.39 is 11.2 Å². The van der Waals surface area contributed by atoms with Crippen LogP contribution >= 0.6 is 0 Å². The summed E-state index contributed by atoms with van der Waals surface area (Å²) in [5.41, 5.74) is 5.26. The van der Waals surface area contributed by atoms with Crippen LogP contribution in [0, 0.1) is 0 Å². The minimum atomic E-state index is -0.458. The molecule has 1 aromatic rings. The largest absolute Gasteiger partial charge is 0.383 e. The van der Waals surface area contributed by atoms with Crippen molar-refractivity contribution in [2.24, 2.45) is 0 Å². The second-order valence-electron chi connectivity index (χ2n) is 4.96. The van der Waals surface area contributed by atoms with Crippen LogP contribution in [0.3, 0.4) is 0 Å². The van der Waals surface area contributed by atoms with Crippen LogP contribution in [0.4, 0.5) is 11.5 Å². The number of anilines is 2. The number of aromatic nitrogens is 2. The summed E-state index contributed by atoms with van der Waals surface area (Å²) in [6.45, 7) is 5.14. The fourth-order valence-electron chi connectivity index (χ4n) is 2.19. The highest BCUT2D eigenvalue weighted by molar-refractivity contribution is 5.60. The Bertz CT molecular complexity index is 519. The summed E-state index contributed by atoms with van der Waals surface area (Å²) in [6.07, 6.45) is 7.13. The lowest BCUT2D eigenvalue weighted by Crippen LogP contribution is -2.33. The molecular weight excluding hydrogens is 256 g/mol. The Morgan fingerprint density at radius 2 is 1.75 bits per heavy atom. The number of hydrogen-bond donors (Lipinski definition) is 3. The van der Waals surface area contributed by atoms with Gasteiger partial charge in [-0.3, -0.25) is 14.3 Å². The molecular formula is C14H26N4O2. The minimum absolute atomic E-state index is 0.215. The van der Waals surface area contributed by atoms with E-state index in [2.05, 4.69) is 17.2 Å². The van der Waals surface area contributed by atoms with Gasteiger partial charge in [-0.15, -0.1) is 0 Å². The number of nitrogen functional groups attached to an aromatic ring is 1. The summed E-state index contributed by atoms with van der Waals surface area (Å²) in [7, 11) is 0. The number of hydrogen-bond acceptors (Lipinski definition) is 4. The van der Waals surface area contributed by atoms with Crippen LogP contribution in [0.2, 0.25) is 0 Å².